The monoisotopic (exact) mass is 351 g/mol. The van der Waals surface area contributed by atoms with Crippen LogP contribution in [0.1, 0.15) is 12.8 Å². The Kier molecular flexibility index (Phi) is 2.89. The van der Waals surface area contributed by atoms with Gasteiger partial charge in [0.25, 0.3) is 0 Å². The van der Waals surface area contributed by atoms with Crippen LogP contribution in [0.4, 0.5) is 8.78 Å². The van der Waals surface area contributed by atoms with Crippen LogP contribution in [0.25, 0.3) is 22.3 Å². The van der Waals surface area contributed by atoms with E-state index in [1.807, 2.05) is 0 Å². The summed E-state index contributed by atoms with van der Waals surface area (Å²) in [5.74, 6) is -0.769. The number of hydrogen-bond acceptors (Lipinski definition) is 1. The molecule has 0 aliphatic carbocycles. The van der Waals surface area contributed by atoms with Gasteiger partial charge in [-0.15, -0.1) is 0 Å². The van der Waals surface area contributed by atoms with E-state index in [1.54, 1.807) is 27.6 Å². The molecule has 1 aliphatic heterocycles. The first-order chi connectivity index (χ1) is 10.2. The second kappa shape index (κ2) is 4.66. The van der Waals surface area contributed by atoms with E-state index in [1.165, 1.54) is 6.07 Å². The van der Waals surface area contributed by atoms with Gasteiger partial charge in [-0.25, -0.2) is 8.78 Å². The lowest BCUT2D eigenvalue weighted by molar-refractivity contribution is 0.505. The Bertz CT molecular complexity index is 850. The van der Waals surface area contributed by atoms with Gasteiger partial charge in [-0.05, 0) is 40.9 Å². The first kappa shape index (κ1) is 13.0. The molecule has 0 unspecified atom stereocenters. The molecule has 0 radical (unpaired) electrons. The lowest BCUT2D eigenvalue weighted by Crippen LogP contribution is -2.12. The molecule has 0 N–H and O–H groups in total. The standard InChI is InChI=1S/C15H12BrF2N3/c16-10-8-19-21-7-2-1-6-20-13-9(4-3-5-11(13)17)12(18)15(20)14(10)21/h3-5,8H,1-2,6-7H2. The first-order valence-corrected chi connectivity index (χ1v) is 7.65. The molecule has 1 aliphatic rings. The van der Waals surface area contributed by atoms with E-state index in [2.05, 4.69) is 21.0 Å². The van der Waals surface area contributed by atoms with Crippen molar-refractivity contribution in [2.75, 3.05) is 0 Å². The summed E-state index contributed by atoms with van der Waals surface area (Å²) in [6.45, 7) is 1.35. The number of nitrogens with zero attached hydrogens (tertiary/aromatic N) is 3. The van der Waals surface area contributed by atoms with Gasteiger partial charge in [0.05, 0.1) is 16.2 Å². The number of aryl methyl sites for hydroxylation is 2. The third kappa shape index (κ3) is 1.78. The number of aromatic nitrogens is 3. The van der Waals surface area contributed by atoms with Crippen molar-refractivity contribution in [2.24, 2.45) is 0 Å². The van der Waals surface area contributed by atoms with Gasteiger partial charge in [0.15, 0.2) is 5.82 Å². The van der Waals surface area contributed by atoms with Crippen LogP contribution in [0, 0.1) is 11.6 Å². The van der Waals surface area contributed by atoms with Crippen LogP contribution in [-0.2, 0) is 13.1 Å². The van der Waals surface area contributed by atoms with Crippen molar-refractivity contribution in [1.82, 2.24) is 14.3 Å². The smallest absolute Gasteiger partial charge is 0.158 e. The van der Waals surface area contributed by atoms with E-state index in [-0.39, 0.29) is 11.6 Å². The fourth-order valence-electron chi connectivity index (χ4n) is 3.08. The molecule has 6 heteroatoms. The molecule has 0 saturated carbocycles. The summed E-state index contributed by atoms with van der Waals surface area (Å²) in [5.41, 5.74) is 1.44. The number of para-hydroxylation sites is 1. The number of halogens is 3. The van der Waals surface area contributed by atoms with Gasteiger partial charge in [0.1, 0.15) is 17.2 Å². The summed E-state index contributed by atoms with van der Waals surface area (Å²) in [4.78, 5) is 0. The van der Waals surface area contributed by atoms with Crippen LogP contribution in [0.15, 0.2) is 28.9 Å². The summed E-state index contributed by atoms with van der Waals surface area (Å²) in [6, 6.07) is 4.54. The quantitative estimate of drug-likeness (QED) is 0.590. The molecule has 1 aromatic carbocycles. The topological polar surface area (TPSA) is 22.8 Å². The van der Waals surface area contributed by atoms with Gasteiger partial charge < -0.3 is 4.57 Å². The van der Waals surface area contributed by atoms with E-state index >= 15 is 0 Å². The van der Waals surface area contributed by atoms with E-state index in [0.29, 0.717) is 28.8 Å². The molecule has 3 nitrogen and oxygen atoms in total. The van der Waals surface area contributed by atoms with Crippen LogP contribution < -0.4 is 0 Å². The number of fused-ring (bicyclic) bond motifs is 5. The lowest BCUT2D eigenvalue weighted by Gasteiger charge is -2.16. The summed E-state index contributed by atoms with van der Waals surface area (Å²) >= 11 is 3.43. The maximum atomic E-state index is 14.9. The summed E-state index contributed by atoms with van der Waals surface area (Å²) in [6.07, 6.45) is 3.45. The van der Waals surface area contributed by atoms with Gasteiger partial charge in [-0.2, -0.15) is 5.10 Å². The fourth-order valence-corrected chi connectivity index (χ4v) is 3.56. The van der Waals surface area contributed by atoms with Gasteiger partial charge in [0.2, 0.25) is 0 Å². The maximum absolute atomic E-state index is 14.9. The van der Waals surface area contributed by atoms with Crippen LogP contribution >= 0.6 is 15.9 Å². The lowest BCUT2D eigenvalue weighted by atomic mass is 10.2. The molecule has 3 heterocycles. The van der Waals surface area contributed by atoms with E-state index in [9.17, 15) is 8.78 Å². The Morgan fingerprint density at radius 2 is 1.90 bits per heavy atom. The third-order valence-corrected chi connectivity index (χ3v) is 4.57. The van der Waals surface area contributed by atoms with Gasteiger partial charge in [0, 0.05) is 18.5 Å². The second-order valence-corrected chi connectivity index (χ2v) is 6.08. The van der Waals surface area contributed by atoms with Crippen LogP contribution in [0.2, 0.25) is 0 Å². The highest BCUT2D eigenvalue weighted by atomic mass is 79.9. The molecule has 108 valence electrons. The zero-order valence-corrected chi connectivity index (χ0v) is 12.7. The highest BCUT2D eigenvalue weighted by Crippen LogP contribution is 2.38. The normalized spacial score (nSPS) is 14.6. The van der Waals surface area contributed by atoms with Gasteiger partial charge in [-0.3, -0.25) is 4.68 Å². The minimum Gasteiger partial charge on any atom is -0.334 e. The summed E-state index contributed by atoms with van der Waals surface area (Å²) in [5, 5.41) is 4.61. The molecule has 0 saturated heterocycles. The minimum absolute atomic E-state index is 0.326. The fraction of sp³-hybridized carbons (Fsp3) is 0.267. The van der Waals surface area contributed by atoms with Crippen LogP contribution in [0.3, 0.4) is 0 Å². The van der Waals surface area contributed by atoms with E-state index in [0.717, 1.165) is 23.9 Å². The van der Waals surface area contributed by atoms with E-state index < -0.39 is 0 Å². The highest BCUT2D eigenvalue weighted by Gasteiger charge is 2.26. The molecule has 3 aromatic rings. The highest BCUT2D eigenvalue weighted by molar-refractivity contribution is 9.10. The average molecular weight is 352 g/mol. The van der Waals surface area contributed by atoms with Crippen molar-refractivity contribution >= 4 is 26.8 Å². The van der Waals surface area contributed by atoms with Crippen molar-refractivity contribution in [2.45, 2.75) is 25.9 Å². The molecular formula is C15H12BrF2N3. The Morgan fingerprint density at radius 1 is 1.10 bits per heavy atom. The van der Waals surface area contributed by atoms with Crippen molar-refractivity contribution < 1.29 is 8.78 Å². The Balaban J connectivity index is 2.17. The van der Waals surface area contributed by atoms with E-state index in [4.69, 9.17) is 0 Å². The van der Waals surface area contributed by atoms with Crippen LogP contribution in [0.5, 0.6) is 0 Å². The predicted molar refractivity (Wildman–Crippen MR) is 80.0 cm³/mol. The zero-order chi connectivity index (χ0) is 14.6. The molecule has 4 rings (SSSR count). The van der Waals surface area contributed by atoms with Crippen molar-refractivity contribution in [1.29, 1.82) is 0 Å². The van der Waals surface area contributed by atoms with Crippen LogP contribution in [-0.4, -0.2) is 14.3 Å². The Labute approximate surface area is 128 Å². The first-order valence-electron chi connectivity index (χ1n) is 6.86. The molecule has 2 aromatic heterocycles. The average Bonchev–Trinajstić information content (AvgIpc) is 2.91. The maximum Gasteiger partial charge on any atom is 0.158 e. The van der Waals surface area contributed by atoms with Gasteiger partial charge >= 0.3 is 0 Å². The Hall–Kier alpha value is -1.69. The molecule has 0 atom stereocenters. The third-order valence-electron chi connectivity index (χ3n) is 3.99. The second-order valence-electron chi connectivity index (χ2n) is 5.22. The zero-order valence-electron chi connectivity index (χ0n) is 11.1. The molecule has 0 fully saturated rings. The van der Waals surface area contributed by atoms with Crippen molar-refractivity contribution in [3.8, 4) is 11.4 Å². The summed E-state index contributed by atoms with van der Waals surface area (Å²) in [7, 11) is 0. The molecule has 0 bridgehead atoms. The summed E-state index contributed by atoms with van der Waals surface area (Å²) < 4.78 is 33.4. The molecule has 21 heavy (non-hydrogen) atoms. The van der Waals surface area contributed by atoms with Crippen molar-refractivity contribution in [3.05, 3.63) is 40.5 Å². The number of rotatable bonds is 0. The minimum atomic E-state index is -0.389. The SMILES string of the molecule is Fc1c2n(c3c(F)cccc13)CCCCn1ncc(Br)c1-2. The largest absolute Gasteiger partial charge is 0.334 e. The number of hydrogen-bond donors (Lipinski definition) is 0. The molecule has 0 amide bonds. The van der Waals surface area contributed by atoms with Gasteiger partial charge in [-0.1, -0.05) is 6.07 Å². The predicted octanol–water partition coefficient (Wildman–Crippen LogP) is 4.34. The molecule has 0 spiro atoms. The molecular weight excluding hydrogens is 340 g/mol. The Morgan fingerprint density at radius 3 is 2.76 bits per heavy atom. The number of benzene rings is 1. The van der Waals surface area contributed by atoms with Crippen molar-refractivity contribution in [3.63, 3.8) is 0 Å².